The third-order valence-electron chi connectivity index (χ3n) is 6.07. The fourth-order valence-electron chi connectivity index (χ4n) is 4.25. The summed E-state index contributed by atoms with van der Waals surface area (Å²) in [6, 6.07) is 17.3. The quantitative estimate of drug-likeness (QED) is 0.603. The van der Waals surface area contributed by atoms with Gasteiger partial charge in [-0.15, -0.1) is 0 Å². The van der Waals surface area contributed by atoms with Gasteiger partial charge in [0.05, 0.1) is 18.4 Å². The van der Waals surface area contributed by atoms with E-state index in [9.17, 15) is 18.3 Å². The van der Waals surface area contributed by atoms with Gasteiger partial charge in [0.2, 0.25) is 15.9 Å². The van der Waals surface area contributed by atoms with Crippen molar-refractivity contribution < 1.29 is 18.3 Å². The number of aliphatic hydroxyl groups is 1. The Bertz CT molecular complexity index is 1040. The average Bonchev–Trinajstić information content (AvgIpc) is 3.54. The van der Waals surface area contributed by atoms with Crippen molar-refractivity contribution in [3.63, 3.8) is 0 Å². The minimum atomic E-state index is -3.32. The van der Waals surface area contributed by atoms with Gasteiger partial charge in [-0.1, -0.05) is 42.5 Å². The van der Waals surface area contributed by atoms with E-state index in [1.165, 1.54) is 0 Å². The summed E-state index contributed by atoms with van der Waals surface area (Å²) in [6.07, 6.45) is 3.34. The van der Waals surface area contributed by atoms with E-state index in [-0.39, 0.29) is 30.5 Å². The number of hydrogen-bond acceptors (Lipinski definition) is 5. The van der Waals surface area contributed by atoms with Crippen molar-refractivity contribution in [1.82, 2.24) is 9.62 Å². The van der Waals surface area contributed by atoms with E-state index in [0.717, 1.165) is 48.9 Å². The lowest BCUT2D eigenvalue weighted by molar-refractivity contribution is -0.120. The topological polar surface area (TPSA) is 90.0 Å². The number of rotatable bonds is 9. The van der Waals surface area contributed by atoms with Gasteiger partial charge >= 0.3 is 0 Å². The van der Waals surface area contributed by atoms with Crippen LogP contribution in [0.4, 0.5) is 5.69 Å². The molecule has 0 radical (unpaired) electrons. The Hall–Kier alpha value is -2.26. The summed E-state index contributed by atoms with van der Waals surface area (Å²) < 4.78 is 25.6. The van der Waals surface area contributed by atoms with Crippen LogP contribution in [0, 0.1) is 5.92 Å². The maximum Gasteiger partial charge on any atom is 0.230 e. The molecular formula is C24H31N3O4S. The van der Waals surface area contributed by atoms with Crippen LogP contribution in [-0.2, 0) is 21.4 Å². The molecule has 1 saturated heterocycles. The van der Waals surface area contributed by atoms with Gasteiger partial charge in [-0.3, -0.25) is 9.69 Å². The van der Waals surface area contributed by atoms with Crippen molar-refractivity contribution in [3.05, 3.63) is 65.7 Å². The molecule has 0 bridgehead atoms. The summed E-state index contributed by atoms with van der Waals surface area (Å²) in [5, 5.41) is 10.0. The second-order valence-electron chi connectivity index (χ2n) is 8.87. The largest absolute Gasteiger partial charge is 0.392 e. The molecule has 2 aliphatic rings. The highest BCUT2D eigenvalue weighted by atomic mass is 32.2. The van der Waals surface area contributed by atoms with E-state index in [4.69, 9.17) is 0 Å². The lowest BCUT2D eigenvalue weighted by Gasteiger charge is -2.35. The number of anilines is 1. The molecule has 7 nitrogen and oxygen atoms in total. The molecule has 2 atom stereocenters. The van der Waals surface area contributed by atoms with Gasteiger partial charge in [-0.05, 0) is 42.5 Å². The van der Waals surface area contributed by atoms with E-state index in [2.05, 4.69) is 9.62 Å². The number of likely N-dealkylation sites (tertiary alicyclic amines) is 1. The summed E-state index contributed by atoms with van der Waals surface area (Å²) in [5.41, 5.74) is 2.61. The maximum atomic E-state index is 13.5. The van der Waals surface area contributed by atoms with Gasteiger partial charge in [0.25, 0.3) is 0 Å². The molecule has 2 aromatic rings. The van der Waals surface area contributed by atoms with Crippen LogP contribution in [0.3, 0.4) is 0 Å². The highest BCUT2D eigenvalue weighted by molar-refractivity contribution is 7.88. The van der Waals surface area contributed by atoms with E-state index in [1.807, 2.05) is 59.5 Å². The van der Waals surface area contributed by atoms with Crippen LogP contribution in [-0.4, -0.2) is 56.3 Å². The van der Waals surface area contributed by atoms with Gasteiger partial charge in [-0.2, -0.15) is 0 Å². The molecule has 1 aliphatic heterocycles. The van der Waals surface area contributed by atoms with Crippen LogP contribution < -0.4 is 9.62 Å². The Balaban J connectivity index is 1.69. The zero-order chi connectivity index (χ0) is 22.7. The molecule has 32 heavy (non-hydrogen) atoms. The monoisotopic (exact) mass is 457 g/mol. The normalized spacial score (nSPS) is 20.2. The highest BCUT2D eigenvalue weighted by Crippen LogP contribution is 2.38. The molecule has 1 aliphatic carbocycles. The summed E-state index contributed by atoms with van der Waals surface area (Å²) in [5.74, 6) is 0.134. The molecule has 2 N–H and O–H groups in total. The number of nitrogens with zero attached hydrogens (tertiary/aromatic N) is 2. The molecule has 172 valence electrons. The second-order valence-corrected chi connectivity index (χ2v) is 10.7. The number of carbonyl (C=O) groups excluding carboxylic acids is 1. The summed E-state index contributed by atoms with van der Waals surface area (Å²) in [6.45, 7) is 2.21. The molecule has 0 unspecified atom stereocenters. The van der Waals surface area contributed by atoms with Gasteiger partial charge in [0.15, 0.2) is 0 Å². The number of amides is 1. The highest BCUT2D eigenvalue weighted by Gasteiger charge is 2.38. The van der Waals surface area contributed by atoms with Crippen molar-refractivity contribution in [3.8, 4) is 0 Å². The molecule has 1 saturated carbocycles. The number of benzene rings is 2. The molecule has 2 fully saturated rings. The summed E-state index contributed by atoms with van der Waals surface area (Å²) >= 11 is 0. The fourth-order valence-corrected chi connectivity index (χ4v) is 4.68. The van der Waals surface area contributed by atoms with E-state index in [1.54, 1.807) is 0 Å². The third kappa shape index (κ3) is 5.95. The van der Waals surface area contributed by atoms with Gasteiger partial charge in [0, 0.05) is 37.8 Å². The van der Waals surface area contributed by atoms with Crippen molar-refractivity contribution in [1.29, 1.82) is 0 Å². The minimum Gasteiger partial charge on any atom is -0.392 e. The number of aliphatic hydroxyl groups excluding tert-OH is 1. The van der Waals surface area contributed by atoms with E-state index >= 15 is 0 Å². The number of hydrogen-bond donors (Lipinski definition) is 2. The number of sulfonamides is 1. The van der Waals surface area contributed by atoms with E-state index in [0.29, 0.717) is 13.1 Å². The number of β-amino-alcohol motifs (C(OH)–C–C–N with tert-alkyl or cyclic N) is 1. The lowest BCUT2D eigenvalue weighted by atomic mass is 10.0. The average molecular weight is 458 g/mol. The first-order valence-corrected chi connectivity index (χ1v) is 13.0. The van der Waals surface area contributed by atoms with Gasteiger partial charge in [0.1, 0.15) is 0 Å². The van der Waals surface area contributed by atoms with Crippen LogP contribution >= 0.6 is 0 Å². The zero-order valence-corrected chi connectivity index (χ0v) is 19.2. The van der Waals surface area contributed by atoms with Crippen molar-refractivity contribution >= 4 is 21.6 Å². The third-order valence-corrected chi connectivity index (χ3v) is 6.73. The first-order valence-electron chi connectivity index (χ1n) is 11.1. The maximum absolute atomic E-state index is 13.5. The van der Waals surface area contributed by atoms with Crippen LogP contribution in [0.25, 0.3) is 0 Å². The van der Waals surface area contributed by atoms with E-state index < -0.39 is 10.0 Å². The fraction of sp³-hybridized carbons (Fsp3) is 0.458. The first kappa shape index (κ1) is 22.9. The smallest absolute Gasteiger partial charge is 0.230 e. The van der Waals surface area contributed by atoms with Crippen molar-refractivity contribution in [2.75, 3.05) is 30.8 Å². The SMILES string of the molecule is CS(=O)(=O)NCc1cccc(N(C(=O)C2CC2)[C@H](CN2CC[C@H](O)C2)c2ccccc2)c1. The molecule has 4 rings (SSSR count). The van der Waals surface area contributed by atoms with Crippen molar-refractivity contribution in [2.24, 2.45) is 5.92 Å². The van der Waals surface area contributed by atoms with Crippen molar-refractivity contribution in [2.45, 2.75) is 38.0 Å². The van der Waals surface area contributed by atoms with Gasteiger partial charge < -0.3 is 10.0 Å². The Kier molecular flexibility index (Phi) is 6.95. The van der Waals surface area contributed by atoms with Crippen LogP contribution in [0.5, 0.6) is 0 Å². The molecular weight excluding hydrogens is 426 g/mol. The molecule has 0 aromatic heterocycles. The van der Waals surface area contributed by atoms with Crippen LogP contribution in [0.2, 0.25) is 0 Å². The molecule has 1 amide bonds. The van der Waals surface area contributed by atoms with Gasteiger partial charge in [-0.25, -0.2) is 13.1 Å². The first-order chi connectivity index (χ1) is 15.3. The standard InChI is InChI=1S/C24H31N3O4S/c1-32(30,31)25-15-18-6-5-9-21(14-18)27(24(29)20-10-11-20)23(19-7-3-2-4-8-19)17-26-13-12-22(28)16-26/h2-9,14,20,22-23,25,28H,10-13,15-17H2,1H3/t22-,23+/m0/s1. The Morgan fingerprint density at radius 1 is 1.16 bits per heavy atom. The predicted octanol–water partition coefficient (Wildman–Crippen LogP) is 2.29. The van der Waals surface area contributed by atoms with Crippen LogP contribution in [0.15, 0.2) is 54.6 Å². The zero-order valence-electron chi connectivity index (χ0n) is 18.4. The lowest BCUT2D eigenvalue weighted by Crippen LogP contribution is -2.42. The second kappa shape index (κ2) is 9.70. The Morgan fingerprint density at radius 3 is 2.53 bits per heavy atom. The molecule has 0 spiro atoms. The summed E-state index contributed by atoms with van der Waals surface area (Å²) in [4.78, 5) is 17.6. The minimum absolute atomic E-state index is 0.0307. The number of nitrogens with one attached hydrogen (secondary N) is 1. The van der Waals surface area contributed by atoms with Crippen LogP contribution in [0.1, 0.15) is 36.4 Å². The Labute approximate surface area is 190 Å². The Morgan fingerprint density at radius 2 is 1.91 bits per heavy atom. The summed E-state index contributed by atoms with van der Waals surface area (Å²) in [7, 11) is -3.32. The molecule has 2 aromatic carbocycles. The predicted molar refractivity (Wildman–Crippen MR) is 125 cm³/mol. The number of carbonyl (C=O) groups is 1. The molecule has 8 heteroatoms. The molecule has 1 heterocycles.